The van der Waals surface area contributed by atoms with Crippen LogP contribution in [0.3, 0.4) is 0 Å². The average molecular weight is 297 g/mol. The third-order valence-electron chi connectivity index (χ3n) is 3.03. The highest BCUT2D eigenvalue weighted by atomic mass is 35.5. The van der Waals surface area contributed by atoms with Crippen molar-refractivity contribution in [3.63, 3.8) is 0 Å². The normalized spacial score (nSPS) is 19.4. The van der Waals surface area contributed by atoms with Crippen LogP contribution in [0.2, 0.25) is 5.02 Å². The smallest absolute Gasteiger partial charge is 0.314 e. The van der Waals surface area contributed by atoms with Gasteiger partial charge in [0.25, 0.3) is 0 Å². The molecule has 0 aromatic heterocycles. The Kier molecular flexibility index (Phi) is 4.32. The summed E-state index contributed by atoms with van der Waals surface area (Å²) in [6.45, 7) is 1.49. The van der Waals surface area contributed by atoms with Crippen molar-refractivity contribution >= 4 is 11.6 Å². The van der Waals surface area contributed by atoms with Gasteiger partial charge in [0.2, 0.25) is 0 Å². The highest BCUT2D eigenvalue weighted by Gasteiger charge is 2.45. The number of nitrogens with one attached hydrogen (secondary N) is 1. The largest absolute Gasteiger partial charge is 0.408 e. The Morgan fingerprint density at radius 3 is 2.32 bits per heavy atom. The molecule has 0 radical (unpaired) electrons. The van der Waals surface area contributed by atoms with Crippen molar-refractivity contribution in [2.24, 2.45) is 0 Å². The number of hydrogen-bond acceptors (Lipinski definition) is 2. The van der Waals surface area contributed by atoms with Crippen LogP contribution in [-0.4, -0.2) is 37.3 Å². The van der Waals surface area contributed by atoms with Crippen molar-refractivity contribution in [3.05, 3.63) is 34.6 Å². The van der Waals surface area contributed by atoms with Crippen LogP contribution in [0.4, 0.5) is 17.6 Å². The molecule has 7 heteroatoms. The lowest BCUT2D eigenvalue weighted by atomic mass is 10.0. The molecule has 0 spiro atoms. The van der Waals surface area contributed by atoms with Crippen molar-refractivity contribution in [3.8, 4) is 0 Å². The number of halogens is 5. The molecular formula is C12H13ClF4N2. The van der Waals surface area contributed by atoms with Crippen LogP contribution in [0.25, 0.3) is 0 Å². The zero-order chi connectivity index (χ0) is 14.0. The van der Waals surface area contributed by atoms with E-state index < -0.39 is 18.0 Å². The second-order valence-electron chi connectivity index (χ2n) is 4.43. The van der Waals surface area contributed by atoms with E-state index in [1.807, 2.05) is 0 Å². The predicted molar refractivity (Wildman–Crippen MR) is 64.6 cm³/mol. The predicted octanol–water partition coefficient (Wildman–Crippen LogP) is 2.99. The van der Waals surface area contributed by atoms with Crippen LogP contribution in [-0.2, 0) is 0 Å². The molecule has 0 bridgehead atoms. The van der Waals surface area contributed by atoms with Gasteiger partial charge in [-0.3, -0.25) is 4.90 Å². The molecule has 0 aliphatic carbocycles. The van der Waals surface area contributed by atoms with Crippen LogP contribution in [0.5, 0.6) is 0 Å². The first kappa shape index (κ1) is 14.6. The summed E-state index contributed by atoms with van der Waals surface area (Å²) in [4.78, 5) is 1.29. The van der Waals surface area contributed by atoms with Crippen molar-refractivity contribution in [1.29, 1.82) is 0 Å². The maximum Gasteiger partial charge on any atom is 0.408 e. The number of rotatable bonds is 2. The van der Waals surface area contributed by atoms with Gasteiger partial charge in [0.1, 0.15) is 11.9 Å². The second kappa shape index (κ2) is 5.64. The fourth-order valence-corrected chi connectivity index (χ4v) is 2.51. The average Bonchev–Trinajstić information content (AvgIpc) is 2.27. The zero-order valence-electron chi connectivity index (χ0n) is 9.97. The number of piperazine rings is 1. The van der Waals surface area contributed by atoms with E-state index in [-0.39, 0.29) is 23.7 Å². The third kappa shape index (κ3) is 3.58. The first-order chi connectivity index (χ1) is 8.88. The van der Waals surface area contributed by atoms with E-state index in [1.54, 1.807) is 0 Å². The number of hydrogen-bond donors (Lipinski definition) is 1. The number of alkyl halides is 3. The maximum atomic E-state index is 13.3. The van der Waals surface area contributed by atoms with Gasteiger partial charge in [-0.25, -0.2) is 4.39 Å². The molecular weight excluding hydrogens is 284 g/mol. The molecule has 106 valence electrons. The van der Waals surface area contributed by atoms with Gasteiger partial charge in [-0.1, -0.05) is 11.6 Å². The zero-order valence-corrected chi connectivity index (χ0v) is 10.7. The molecule has 0 amide bonds. The van der Waals surface area contributed by atoms with Crippen LogP contribution >= 0.6 is 11.6 Å². The van der Waals surface area contributed by atoms with Crippen LogP contribution in [0.1, 0.15) is 11.6 Å². The fraction of sp³-hybridized carbons (Fsp3) is 0.500. The lowest BCUT2D eigenvalue weighted by Crippen LogP contribution is -2.49. The molecule has 19 heavy (non-hydrogen) atoms. The Balaban J connectivity index is 2.36. The minimum Gasteiger partial charge on any atom is -0.314 e. The number of nitrogens with zero attached hydrogens (tertiary/aromatic N) is 1. The molecule has 1 aliphatic heterocycles. The standard InChI is InChI=1S/C12H13ClF4N2/c13-9-5-8(6-10(14)7-9)11(12(15,16)17)19-3-1-18-2-4-19/h5-7,11,18H,1-4H2/t11-/m1/s1. The molecule has 1 saturated heterocycles. The van der Waals surface area contributed by atoms with Crippen LogP contribution in [0, 0.1) is 5.82 Å². The molecule has 1 aliphatic rings. The van der Waals surface area contributed by atoms with E-state index in [4.69, 9.17) is 11.6 Å². The Bertz CT molecular complexity index is 424. The summed E-state index contributed by atoms with van der Waals surface area (Å²) in [6.07, 6.45) is -4.46. The SMILES string of the molecule is Fc1cc(Cl)cc([C@@H](N2CCNCC2)C(F)(F)F)c1. The minimum atomic E-state index is -4.46. The lowest BCUT2D eigenvalue weighted by molar-refractivity contribution is -0.187. The van der Waals surface area contributed by atoms with Gasteiger partial charge in [-0.05, 0) is 23.8 Å². The summed E-state index contributed by atoms with van der Waals surface area (Å²) in [5.74, 6) is -0.758. The van der Waals surface area contributed by atoms with Gasteiger partial charge in [-0.2, -0.15) is 13.2 Å². The minimum absolute atomic E-state index is 0.0283. The first-order valence-corrected chi connectivity index (χ1v) is 6.23. The van der Waals surface area contributed by atoms with Crippen molar-refractivity contribution < 1.29 is 17.6 Å². The molecule has 2 rings (SSSR count). The van der Waals surface area contributed by atoms with Crippen molar-refractivity contribution in [1.82, 2.24) is 10.2 Å². The molecule has 0 saturated carbocycles. The molecule has 1 aromatic carbocycles. The molecule has 1 N–H and O–H groups in total. The van der Waals surface area contributed by atoms with Gasteiger partial charge in [0.15, 0.2) is 0 Å². The quantitative estimate of drug-likeness (QED) is 0.844. The van der Waals surface area contributed by atoms with E-state index in [2.05, 4.69) is 5.32 Å². The fourth-order valence-electron chi connectivity index (χ4n) is 2.28. The maximum absolute atomic E-state index is 13.3. The Morgan fingerprint density at radius 2 is 1.79 bits per heavy atom. The highest BCUT2D eigenvalue weighted by Crippen LogP contribution is 2.38. The molecule has 1 fully saturated rings. The van der Waals surface area contributed by atoms with E-state index in [0.717, 1.165) is 12.1 Å². The molecule has 2 nitrogen and oxygen atoms in total. The third-order valence-corrected chi connectivity index (χ3v) is 3.25. The van der Waals surface area contributed by atoms with E-state index >= 15 is 0 Å². The summed E-state index contributed by atoms with van der Waals surface area (Å²) < 4.78 is 52.9. The lowest BCUT2D eigenvalue weighted by Gasteiger charge is -2.36. The van der Waals surface area contributed by atoms with Gasteiger partial charge in [-0.15, -0.1) is 0 Å². The topological polar surface area (TPSA) is 15.3 Å². The van der Waals surface area contributed by atoms with Gasteiger partial charge in [0.05, 0.1) is 0 Å². The molecule has 1 aromatic rings. The van der Waals surface area contributed by atoms with Gasteiger partial charge >= 0.3 is 6.18 Å². The van der Waals surface area contributed by atoms with E-state index in [1.165, 1.54) is 11.0 Å². The molecule has 0 unspecified atom stereocenters. The van der Waals surface area contributed by atoms with Crippen molar-refractivity contribution in [2.75, 3.05) is 26.2 Å². The van der Waals surface area contributed by atoms with Gasteiger partial charge in [0, 0.05) is 31.2 Å². The Labute approximate surface area is 113 Å². The molecule has 1 atom stereocenters. The second-order valence-corrected chi connectivity index (χ2v) is 4.87. The first-order valence-electron chi connectivity index (χ1n) is 5.85. The van der Waals surface area contributed by atoms with E-state index in [0.29, 0.717) is 13.1 Å². The van der Waals surface area contributed by atoms with E-state index in [9.17, 15) is 17.6 Å². The van der Waals surface area contributed by atoms with Crippen LogP contribution < -0.4 is 5.32 Å². The highest BCUT2D eigenvalue weighted by molar-refractivity contribution is 6.30. The summed E-state index contributed by atoms with van der Waals surface area (Å²) in [5.41, 5.74) is -0.153. The Morgan fingerprint density at radius 1 is 1.16 bits per heavy atom. The van der Waals surface area contributed by atoms with Gasteiger partial charge < -0.3 is 5.32 Å². The summed E-state index contributed by atoms with van der Waals surface area (Å²) in [5, 5.41) is 2.96. The number of benzene rings is 1. The Hall–Kier alpha value is -0.850. The monoisotopic (exact) mass is 296 g/mol. The summed E-state index contributed by atoms with van der Waals surface area (Å²) in [6, 6.07) is 1.25. The molecule has 1 heterocycles. The summed E-state index contributed by atoms with van der Waals surface area (Å²) in [7, 11) is 0. The van der Waals surface area contributed by atoms with Crippen LogP contribution in [0.15, 0.2) is 18.2 Å². The van der Waals surface area contributed by atoms with Crippen molar-refractivity contribution in [2.45, 2.75) is 12.2 Å². The summed E-state index contributed by atoms with van der Waals surface area (Å²) >= 11 is 5.64.